The van der Waals surface area contributed by atoms with Gasteiger partial charge in [-0.15, -0.1) is 0 Å². The molecule has 1 fully saturated rings. The third-order valence-corrected chi connectivity index (χ3v) is 4.93. The Bertz CT molecular complexity index is 751. The van der Waals surface area contributed by atoms with E-state index in [-0.39, 0.29) is 11.6 Å². The molecule has 1 N–H and O–H groups in total. The van der Waals surface area contributed by atoms with Gasteiger partial charge in [0.2, 0.25) is 0 Å². The first-order valence-electron chi connectivity index (χ1n) is 8.37. The molecular weight excluding hydrogens is 306 g/mol. The van der Waals surface area contributed by atoms with Crippen molar-refractivity contribution in [3.8, 4) is 5.69 Å². The van der Waals surface area contributed by atoms with Crippen molar-refractivity contribution in [2.24, 2.45) is 7.05 Å². The van der Waals surface area contributed by atoms with Crippen LogP contribution in [0.5, 0.6) is 0 Å². The summed E-state index contributed by atoms with van der Waals surface area (Å²) in [6.07, 6.45) is -0.495. The monoisotopic (exact) mass is 331 g/mol. The second kappa shape index (κ2) is 6.93. The Labute approximate surface area is 141 Å². The van der Waals surface area contributed by atoms with E-state index in [0.717, 1.165) is 23.5 Å². The molecule has 0 unspecified atom stereocenters. The van der Waals surface area contributed by atoms with Crippen LogP contribution in [0.25, 0.3) is 5.69 Å². The van der Waals surface area contributed by atoms with E-state index >= 15 is 0 Å². The van der Waals surface area contributed by atoms with E-state index in [1.807, 2.05) is 55.9 Å². The highest BCUT2D eigenvalue weighted by atomic mass is 16.5. The molecule has 2 heterocycles. The quantitative estimate of drug-likeness (QED) is 0.890. The summed E-state index contributed by atoms with van der Waals surface area (Å²) < 4.78 is 8.95. The molecular formula is C18H25N3O3. The summed E-state index contributed by atoms with van der Waals surface area (Å²) in [6.45, 7) is 6.14. The zero-order chi connectivity index (χ0) is 17.3. The highest BCUT2D eigenvalue weighted by Crippen LogP contribution is 2.18. The van der Waals surface area contributed by atoms with Gasteiger partial charge in [0.25, 0.3) is 5.56 Å². The fraction of sp³-hybridized carbons (Fsp3) is 0.500. The molecule has 6 heteroatoms. The average Bonchev–Trinajstić information content (AvgIpc) is 3.10. The van der Waals surface area contributed by atoms with Crippen LogP contribution in [-0.4, -0.2) is 51.3 Å². The lowest BCUT2D eigenvalue weighted by atomic mass is 10.1. The van der Waals surface area contributed by atoms with Gasteiger partial charge < -0.3 is 9.84 Å². The lowest BCUT2D eigenvalue weighted by molar-refractivity contribution is 0.0805. The Morgan fingerprint density at radius 2 is 2.00 bits per heavy atom. The van der Waals surface area contributed by atoms with Crippen molar-refractivity contribution in [1.82, 2.24) is 14.3 Å². The summed E-state index contributed by atoms with van der Waals surface area (Å²) in [6, 6.07) is 9.58. The van der Waals surface area contributed by atoms with Crippen LogP contribution in [0.15, 0.2) is 35.1 Å². The topological polar surface area (TPSA) is 59.6 Å². The van der Waals surface area contributed by atoms with Gasteiger partial charge in [-0.2, -0.15) is 0 Å². The summed E-state index contributed by atoms with van der Waals surface area (Å²) in [5.74, 6) is 0. The summed E-state index contributed by atoms with van der Waals surface area (Å²) >= 11 is 0. The van der Waals surface area contributed by atoms with Crippen molar-refractivity contribution in [3.05, 3.63) is 51.9 Å². The predicted molar refractivity (Wildman–Crippen MR) is 92.4 cm³/mol. The van der Waals surface area contributed by atoms with Gasteiger partial charge in [0.1, 0.15) is 0 Å². The van der Waals surface area contributed by atoms with E-state index in [9.17, 15) is 9.90 Å². The number of ether oxygens (including phenoxy) is 1. The number of rotatable bonds is 5. The SMILES string of the molecule is CCN(Cc1c(C)n(C)n(-c2ccccc2)c1=O)[C@@H]1COC[C@H]1O. The van der Waals surface area contributed by atoms with E-state index in [0.29, 0.717) is 19.8 Å². The van der Waals surface area contributed by atoms with E-state index < -0.39 is 6.10 Å². The molecule has 3 rings (SSSR count). The Balaban J connectivity index is 1.96. The molecule has 1 aromatic carbocycles. The molecule has 24 heavy (non-hydrogen) atoms. The molecule has 0 bridgehead atoms. The number of likely N-dealkylation sites (N-methyl/N-ethyl adjacent to an activating group) is 1. The van der Waals surface area contributed by atoms with Gasteiger partial charge in [0.15, 0.2) is 0 Å². The maximum Gasteiger partial charge on any atom is 0.276 e. The highest BCUT2D eigenvalue weighted by Gasteiger charge is 2.32. The maximum atomic E-state index is 13.0. The lowest BCUT2D eigenvalue weighted by Gasteiger charge is -2.28. The average molecular weight is 331 g/mol. The van der Waals surface area contributed by atoms with E-state index in [1.165, 1.54) is 0 Å². The van der Waals surface area contributed by atoms with Crippen LogP contribution >= 0.6 is 0 Å². The number of aliphatic hydroxyl groups is 1. The van der Waals surface area contributed by atoms with Crippen LogP contribution in [0, 0.1) is 6.92 Å². The number of aromatic nitrogens is 2. The smallest absolute Gasteiger partial charge is 0.276 e. The fourth-order valence-corrected chi connectivity index (χ4v) is 3.35. The van der Waals surface area contributed by atoms with Crippen LogP contribution in [0.2, 0.25) is 0 Å². The van der Waals surface area contributed by atoms with E-state index in [2.05, 4.69) is 4.90 Å². The zero-order valence-electron chi connectivity index (χ0n) is 14.5. The Morgan fingerprint density at radius 3 is 2.58 bits per heavy atom. The second-order valence-corrected chi connectivity index (χ2v) is 6.28. The molecule has 0 saturated carbocycles. The van der Waals surface area contributed by atoms with Crippen LogP contribution in [0.1, 0.15) is 18.2 Å². The van der Waals surface area contributed by atoms with Gasteiger partial charge >= 0.3 is 0 Å². The van der Waals surface area contributed by atoms with Gasteiger partial charge in [-0.25, -0.2) is 4.68 Å². The minimum Gasteiger partial charge on any atom is -0.389 e. The summed E-state index contributed by atoms with van der Waals surface area (Å²) in [5, 5.41) is 10.1. The number of hydrogen-bond donors (Lipinski definition) is 1. The molecule has 6 nitrogen and oxygen atoms in total. The largest absolute Gasteiger partial charge is 0.389 e. The molecule has 130 valence electrons. The Kier molecular flexibility index (Phi) is 4.89. The number of nitrogens with zero attached hydrogens (tertiary/aromatic N) is 3. The lowest BCUT2D eigenvalue weighted by Crippen LogP contribution is -2.43. The summed E-state index contributed by atoms with van der Waals surface area (Å²) in [7, 11) is 1.90. The van der Waals surface area contributed by atoms with Crippen molar-refractivity contribution in [2.75, 3.05) is 19.8 Å². The molecule has 0 spiro atoms. The number of para-hydroxylation sites is 1. The van der Waals surface area contributed by atoms with Gasteiger partial charge in [-0.05, 0) is 25.6 Å². The molecule has 2 atom stereocenters. The normalized spacial score (nSPS) is 20.9. The highest BCUT2D eigenvalue weighted by molar-refractivity contribution is 5.33. The molecule has 1 aromatic heterocycles. The third kappa shape index (κ3) is 2.92. The zero-order valence-corrected chi connectivity index (χ0v) is 14.5. The van der Waals surface area contributed by atoms with Crippen molar-refractivity contribution in [2.45, 2.75) is 32.5 Å². The first-order valence-corrected chi connectivity index (χ1v) is 8.37. The van der Waals surface area contributed by atoms with Crippen LogP contribution < -0.4 is 5.56 Å². The van der Waals surface area contributed by atoms with Crippen molar-refractivity contribution >= 4 is 0 Å². The Hall–Kier alpha value is -1.89. The maximum absolute atomic E-state index is 13.0. The first-order chi connectivity index (χ1) is 11.5. The first kappa shape index (κ1) is 17.0. The minimum atomic E-state index is -0.495. The fourth-order valence-electron chi connectivity index (χ4n) is 3.35. The van der Waals surface area contributed by atoms with E-state index in [1.54, 1.807) is 4.68 Å². The van der Waals surface area contributed by atoms with Crippen LogP contribution in [0.3, 0.4) is 0 Å². The van der Waals surface area contributed by atoms with Gasteiger partial charge in [0, 0.05) is 19.3 Å². The molecule has 0 radical (unpaired) electrons. The number of aliphatic hydroxyl groups excluding tert-OH is 1. The number of hydrogen-bond acceptors (Lipinski definition) is 4. The Morgan fingerprint density at radius 1 is 1.29 bits per heavy atom. The summed E-state index contributed by atoms with van der Waals surface area (Å²) in [4.78, 5) is 15.1. The predicted octanol–water partition coefficient (Wildman–Crippen LogP) is 1.07. The van der Waals surface area contributed by atoms with Gasteiger partial charge in [0.05, 0.1) is 36.6 Å². The molecule has 1 saturated heterocycles. The molecule has 0 aliphatic carbocycles. The summed E-state index contributed by atoms with van der Waals surface area (Å²) in [5.41, 5.74) is 2.55. The van der Waals surface area contributed by atoms with Gasteiger partial charge in [-0.1, -0.05) is 25.1 Å². The van der Waals surface area contributed by atoms with Crippen molar-refractivity contribution in [1.29, 1.82) is 0 Å². The molecule has 1 aliphatic heterocycles. The third-order valence-electron chi connectivity index (χ3n) is 4.93. The van der Waals surface area contributed by atoms with Crippen molar-refractivity contribution < 1.29 is 9.84 Å². The number of benzene rings is 1. The van der Waals surface area contributed by atoms with E-state index in [4.69, 9.17) is 4.74 Å². The minimum absolute atomic E-state index is 0.00643. The van der Waals surface area contributed by atoms with Crippen LogP contribution in [0.4, 0.5) is 0 Å². The second-order valence-electron chi connectivity index (χ2n) is 6.28. The molecule has 1 aliphatic rings. The molecule has 2 aromatic rings. The van der Waals surface area contributed by atoms with Crippen LogP contribution in [-0.2, 0) is 18.3 Å². The molecule has 0 amide bonds. The van der Waals surface area contributed by atoms with Crippen molar-refractivity contribution in [3.63, 3.8) is 0 Å². The standard InChI is InChI=1S/C18H25N3O3/c1-4-20(16-11-24-12-17(16)22)10-15-13(2)19(3)21(18(15)23)14-8-6-5-7-9-14/h5-9,16-17,22H,4,10-12H2,1-3H3/t16-,17-/m1/s1. The van der Waals surface area contributed by atoms with Gasteiger partial charge in [-0.3, -0.25) is 14.4 Å².